The lowest BCUT2D eigenvalue weighted by molar-refractivity contribution is -0.137. The van der Waals surface area contributed by atoms with Crippen LogP contribution in [0.5, 0.6) is 11.6 Å². The Morgan fingerprint density at radius 2 is 1.57 bits per heavy atom. The van der Waals surface area contributed by atoms with E-state index >= 15 is 0 Å². The Kier molecular flexibility index (Phi) is 7.66. The van der Waals surface area contributed by atoms with Crippen LogP contribution in [0, 0.1) is 5.82 Å². The van der Waals surface area contributed by atoms with Crippen molar-refractivity contribution in [2.75, 3.05) is 5.75 Å². The summed E-state index contributed by atoms with van der Waals surface area (Å²) in [6, 6.07) is 8.80. The average molecular weight is 554 g/mol. The molecular formula is C23H22F7N3O3S. The van der Waals surface area contributed by atoms with Crippen LogP contribution in [-0.2, 0) is 28.3 Å². The molecule has 37 heavy (non-hydrogen) atoms. The minimum absolute atomic E-state index is 0.0319. The van der Waals surface area contributed by atoms with E-state index in [2.05, 4.69) is 5.10 Å². The van der Waals surface area contributed by atoms with Crippen molar-refractivity contribution in [3.63, 3.8) is 0 Å². The SMILES string of the molecule is CCn1nc(-c2cc(F)cc(C(C)(C)NS(=O)(=O)CC(F)(F)F)c2)cc1Oc1ccc(C(F)(F)F)cc1. The van der Waals surface area contributed by atoms with Crippen LogP contribution in [0.2, 0.25) is 0 Å². The Bertz CT molecular complexity index is 1360. The van der Waals surface area contributed by atoms with Crippen LogP contribution in [0.15, 0.2) is 48.5 Å². The van der Waals surface area contributed by atoms with Gasteiger partial charge in [0.2, 0.25) is 15.9 Å². The lowest BCUT2D eigenvalue weighted by Crippen LogP contribution is -2.44. The zero-order valence-electron chi connectivity index (χ0n) is 19.7. The summed E-state index contributed by atoms with van der Waals surface area (Å²) in [5.74, 6) is -2.67. The second kappa shape index (κ2) is 9.97. The normalized spacial score (nSPS) is 13.1. The van der Waals surface area contributed by atoms with Gasteiger partial charge in [0.25, 0.3) is 0 Å². The minimum Gasteiger partial charge on any atom is -0.439 e. The summed E-state index contributed by atoms with van der Waals surface area (Å²) in [6.07, 6.45) is -9.48. The van der Waals surface area contributed by atoms with Crippen LogP contribution in [0.3, 0.4) is 0 Å². The van der Waals surface area contributed by atoms with Crippen LogP contribution >= 0.6 is 0 Å². The maximum Gasteiger partial charge on any atom is 0.416 e. The van der Waals surface area contributed by atoms with Crippen LogP contribution in [0.4, 0.5) is 30.7 Å². The number of nitrogens with one attached hydrogen (secondary N) is 1. The molecule has 0 spiro atoms. The number of alkyl halides is 6. The first-order chi connectivity index (χ1) is 16.9. The number of sulfonamides is 1. The van der Waals surface area contributed by atoms with Crippen LogP contribution in [0.25, 0.3) is 11.3 Å². The first-order valence-electron chi connectivity index (χ1n) is 10.7. The fourth-order valence-electron chi connectivity index (χ4n) is 3.48. The van der Waals surface area contributed by atoms with Gasteiger partial charge in [-0.15, -0.1) is 0 Å². The molecule has 0 bridgehead atoms. The van der Waals surface area contributed by atoms with E-state index in [9.17, 15) is 39.2 Å². The zero-order valence-corrected chi connectivity index (χ0v) is 20.5. The topological polar surface area (TPSA) is 73.2 Å². The van der Waals surface area contributed by atoms with Crippen molar-refractivity contribution < 1.29 is 43.9 Å². The van der Waals surface area contributed by atoms with Crippen LogP contribution in [-0.4, -0.2) is 30.1 Å². The quantitative estimate of drug-likeness (QED) is 0.336. The molecule has 1 heterocycles. The maximum atomic E-state index is 14.5. The predicted molar refractivity (Wildman–Crippen MR) is 121 cm³/mol. The number of ether oxygens (including phenoxy) is 1. The first kappa shape index (κ1) is 28.4. The van der Waals surface area contributed by atoms with Gasteiger partial charge in [-0.3, -0.25) is 0 Å². The summed E-state index contributed by atoms with van der Waals surface area (Å²) in [4.78, 5) is 0. The van der Waals surface area contributed by atoms with Gasteiger partial charge < -0.3 is 4.74 Å². The number of hydrogen-bond donors (Lipinski definition) is 1. The highest BCUT2D eigenvalue weighted by atomic mass is 32.2. The van der Waals surface area contributed by atoms with Crippen molar-refractivity contribution in [1.29, 1.82) is 0 Å². The smallest absolute Gasteiger partial charge is 0.416 e. The Morgan fingerprint density at radius 3 is 2.11 bits per heavy atom. The Hall–Kier alpha value is -3.13. The molecule has 0 saturated carbocycles. The number of aromatic nitrogens is 2. The second-order valence-electron chi connectivity index (χ2n) is 8.64. The summed E-state index contributed by atoms with van der Waals surface area (Å²) < 4.78 is 124. The van der Waals surface area contributed by atoms with Crippen molar-refractivity contribution in [2.45, 2.75) is 45.2 Å². The molecule has 0 amide bonds. The van der Waals surface area contributed by atoms with Crippen molar-refractivity contribution in [3.05, 3.63) is 65.5 Å². The molecule has 3 aromatic rings. The Morgan fingerprint density at radius 1 is 0.946 bits per heavy atom. The molecule has 6 nitrogen and oxygen atoms in total. The van der Waals surface area contributed by atoms with Gasteiger partial charge in [-0.05, 0) is 68.8 Å². The third-order valence-electron chi connectivity index (χ3n) is 5.13. The van der Waals surface area contributed by atoms with E-state index in [0.717, 1.165) is 36.4 Å². The third-order valence-corrected chi connectivity index (χ3v) is 6.65. The third kappa shape index (κ3) is 7.44. The van der Waals surface area contributed by atoms with Gasteiger partial charge in [0.1, 0.15) is 11.6 Å². The molecule has 0 aliphatic carbocycles. The minimum atomic E-state index is -4.97. The van der Waals surface area contributed by atoms with E-state index in [1.165, 1.54) is 30.7 Å². The summed E-state index contributed by atoms with van der Waals surface area (Å²) >= 11 is 0. The van der Waals surface area contributed by atoms with E-state index < -0.39 is 45.0 Å². The molecule has 0 unspecified atom stereocenters. The highest BCUT2D eigenvalue weighted by Crippen LogP contribution is 2.34. The number of aryl methyl sites for hydroxylation is 1. The van der Waals surface area contributed by atoms with Gasteiger partial charge >= 0.3 is 12.4 Å². The predicted octanol–water partition coefficient (Wildman–Crippen LogP) is 6.24. The molecule has 2 aromatic carbocycles. The van der Waals surface area contributed by atoms with Gasteiger partial charge in [-0.2, -0.15) is 31.4 Å². The number of hydrogen-bond acceptors (Lipinski definition) is 4. The second-order valence-corrected chi connectivity index (χ2v) is 10.4. The number of benzene rings is 2. The highest BCUT2D eigenvalue weighted by molar-refractivity contribution is 7.89. The zero-order chi connectivity index (χ0) is 27.8. The van der Waals surface area contributed by atoms with Crippen LogP contribution in [0.1, 0.15) is 31.9 Å². The van der Waals surface area contributed by atoms with Gasteiger partial charge in [0, 0.05) is 18.2 Å². The first-order valence-corrected chi connectivity index (χ1v) is 12.4. The summed E-state index contributed by atoms with van der Waals surface area (Å²) in [7, 11) is -4.80. The largest absolute Gasteiger partial charge is 0.439 e. The maximum absolute atomic E-state index is 14.5. The molecule has 14 heteroatoms. The monoisotopic (exact) mass is 553 g/mol. The Balaban J connectivity index is 1.92. The molecule has 0 aliphatic rings. The van der Waals surface area contributed by atoms with Crippen molar-refractivity contribution in [3.8, 4) is 22.9 Å². The lowest BCUT2D eigenvalue weighted by atomic mass is 9.93. The molecule has 0 radical (unpaired) electrons. The number of halogens is 7. The van der Waals surface area contributed by atoms with Crippen molar-refractivity contribution in [2.24, 2.45) is 0 Å². The molecule has 3 rings (SSSR count). The standard InChI is InChI=1S/C23H22F7N3O3S/c1-4-33-20(36-18-7-5-15(6-8-18)23(28,29)30)12-19(31-33)14-9-16(11-17(24)10-14)21(2,3)32-37(34,35)13-22(25,26)27/h5-12,32H,4,13H2,1-3H3. The molecule has 1 aromatic heterocycles. The summed E-state index contributed by atoms with van der Waals surface area (Å²) in [5, 5.41) is 4.30. The van der Waals surface area contributed by atoms with E-state index in [1.807, 2.05) is 4.72 Å². The summed E-state index contributed by atoms with van der Waals surface area (Å²) in [5.41, 5.74) is -2.09. The molecule has 0 atom stereocenters. The summed E-state index contributed by atoms with van der Waals surface area (Å²) in [6.45, 7) is 4.55. The Labute approximate surface area is 208 Å². The molecule has 0 saturated heterocycles. The van der Waals surface area contributed by atoms with Crippen molar-refractivity contribution in [1.82, 2.24) is 14.5 Å². The fraction of sp³-hybridized carbons (Fsp3) is 0.348. The van der Waals surface area contributed by atoms with E-state index in [0.29, 0.717) is 0 Å². The molecule has 1 N–H and O–H groups in total. The molecular weight excluding hydrogens is 531 g/mol. The van der Waals surface area contributed by atoms with Gasteiger partial charge in [-0.1, -0.05) is 0 Å². The van der Waals surface area contributed by atoms with E-state index in [1.54, 1.807) is 6.92 Å². The van der Waals surface area contributed by atoms with Crippen molar-refractivity contribution >= 4 is 10.0 Å². The highest BCUT2D eigenvalue weighted by Gasteiger charge is 2.38. The van der Waals surface area contributed by atoms with Crippen LogP contribution < -0.4 is 9.46 Å². The van der Waals surface area contributed by atoms with Gasteiger partial charge in [0.15, 0.2) is 5.75 Å². The molecule has 0 fully saturated rings. The van der Waals surface area contributed by atoms with E-state index in [-0.39, 0.29) is 35.0 Å². The average Bonchev–Trinajstić information content (AvgIpc) is 3.13. The molecule has 0 aliphatic heterocycles. The lowest BCUT2D eigenvalue weighted by Gasteiger charge is -2.27. The fourth-order valence-corrected chi connectivity index (χ4v) is 4.88. The van der Waals surface area contributed by atoms with E-state index in [4.69, 9.17) is 4.74 Å². The number of nitrogens with zero attached hydrogens (tertiary/aromatic N) is 2. The number of rotatable bonds is 8. The molecule has 202 valence electrons. The van der Waals surface area contributed by atoms with Gasteiger partial charge in [-0.25, -0.2) is 22.2 Å². The van der Waals surface area contributed by atoms with Gasteiger partial charge in [0.05, 0.1) is 16.8 Å².